The molecule has 0 saturated carbocycles. The van der Waals surface area contributed by atoms with Gasteiger partial charge in [0.05, 0.1) is 18.9 Å². The first-order chi connectivity index (χ1) is 11.3. The highest BCUT2D eigenvalue weighted by atomic mass is 16.5. The summed E-state index contributed by atoms with van der Waals surface area (Å²) in [5.41, 5.74) is 2.56. The number of methoxy groups -OCH3 is 1. The zero-order valence-corrected chi connectivity index (χ0v) is 12.6. The monoisotopic (exact) mass is 309 g/mol. The zero-order chi connectivity index (χ0) is 15.8. The second kappa shape index (κ2) is 5.43. The number of fused-ring (bicyclic) bond motifs is 3. The molecule has 2 heterocycles. The molecule has 2 aliphatic rings. The summed E-state index contributed by atoms with van der Waals surface area (Å²) in [7, 11) is 1.64. The summed E-state index contributed by atoms with van der Waals surface area (Å²) in [5, 5.41) is 0. The van der Waals surface area contributed by atoms with Crippen LogP contribution in [0.1, 0.15) is 22.8 Å². The smallest absolute Gasteiger partial charge is 0.188 e. The molecule has 1 aromatic heterocycles. The molecular weight excluding hydrogens is 294 g/mol. The van der Waals surface area contributed by atoms with E-state index in [0.29, 0.717) is 17.7 Å². The van der Waals surface area contributed by atoms with Crippen LogP contribution in [0.25, 0.3) is 5.57 Å². The fourth-order valence-electron chi connectivity index (χ4n) is 3.21. The van der Waals surface area contributed by atoms with Gasteiger partial charge in [0, 0.05) is 23.7 Å². The highest BCUT2D eigenvalue weighted by molar-refractivity contribution is 5.75. The first-order valence-electron chi connectivity index (χ1n) is 7.40. The first-order valence-corrected chi connectivity index (χ1v) is 7.40. The fourth-order valence-corrected chi connectivity index (χ4v) is 3.21. The predicted octanol–water partition coefficient (Wildman–Crippen LogP) is 2.76. The third-order valence-corrected chi connectivity index (χ3v) is 4.36. The zero-order valence-electron chi connectivity index (χ0n) is 12.6. The molecule has 1 aliphatic heterocycles. The van der Waals surface area contributed by atoms with E-state index in [1.54, 1.807) is 13.3 Å². The van der Waals surface area contributed by atoms with E-state index in [9.17, 15) is 4.79 Å². The Morgan fingerprint density at radius 2 is 2.04 bits per heavy atom. The maximum atomic E-state index is 12.2. The number of aliphatic imine (C=N–C) groups is 1. The van der Waals surface area contributed by atoms with Crippen LogP contribution in [0.5, 0.6) is 5.75 Å². The first kappa shape index (κ1) is 13.8. The van der Waals surface area contributed by atoms with Gasteiger partial charge >= 0.3 is 0 Å². The van der Waals surface area contributed by atoms with E-state index in [1.165, 1.54) is 18.7 Å². The lowest BCUT2D eigenvalue weighted by Gasteiger charge is -2.34. The minimum Gasteiger partial charge on any atom is -0.497 e. The van der Waals surface area contributed by atoms with Gasteiger partial charge in [0.25, 0.3) is 0 Å². The van der Waals surface area contributed by atoms with Gasteiger partial charge in [-0.05, 0) is 24.1 Å². The number of ether oxygens (including phenoxy) is 2. The average molecular weight is 309 g/mol. The molecule has 2 atom stereocenters. The van der Waals surface area contributed by atoms with E-state index in [2.05, 4.69) is 4.99 Å². The Balaban J connectivity index is 1.82. The third kappa shape index (κ3) is 2.25. The van der Waals surface area contributed by atoms with E-state index < -0.39 is 0 Å². The van der Waals surface area contributed by atoms with Crippen LogP contribution < -0.4 is 10.2 Å². The van der Waals surface area contributed by atoms with Crippen molar-refractivity contribution < 1.29 is 13.9 Å². The van der Waals surface area contributed by atoms with E-state index in [1.807, 2.05) is 24.3 Å². The minimum atomic E-state index is -0.209. The molecular formula is C18H15NO4. The minimum absolute atomic E-state index is 0.0151. The fraction of sp³-hybridized carbons (Fsp3) is 0.222. The van der Waals surface area contributed by atoms with E-state index >= 15 is 0 Å². The van der Waals surface area contributed by atoms with Gasteiger partial charge in [0.15, 0.2) is 11.8 Å². The summed E-state index contributed by atoms with van der Waals surface area (Å²) in [6.07, 6.45) is 4.94. The van der Waals surface area contributed by atoms with Gasteiger partial charge in [0.2, 0.25) is 0 Å². The summed E-state index contributed by atoms with van der Waals surface area (Å²) in [5.74, 6) is 1.41. The van der Waals surface area contributed by atoms with Crippen molar-refractivity contribution >= 4 is 12.0 Å². The Bertz CT molecular complexity index is 848. The van der Waals surface area contributed by atoms with E-state index in [0.717, 1.165) is 16.9 Å². The predicted molar refractivity (Wildman–Crippen MR) is 85.8 cm³/mol. The molecule has 0 spiro atoms. The molecule has 1 aliphatic carbocycles. The summed E-state index contributed by atoms with van der Waals surface area (Å²) < 4.78 is 16.5. The molecule has 0 bridgehead atoms. The lowest BCUT2D eigenvalue weighted by Crippen LogP contribution is -2.33. The molecule has 0 amide bonds. The maximum absolute atomic E-state index is 12.2. The second-order valence-corrected chi connectivity index (χ2v) is 5.57. The number of benzene rings is 1. The highest BCUT2D eigenvalue weighted by Crippen LogP contribution is 2.41. The van der Waals surface area contributed by atoms with Crippen LogP contribution >= 0.6 is 0 Å². The van der Waals surface area contributed by atoms with E-state index in [-0.39, 0.29) is 17.5 Å². The molecule has 5 heteroatoms. The van der Waals surface area contributed by atoms with Crippen LogP contribution in [0, 0.1) is 0 Å². The molecule has 23 heavy (non-hydrogen) atoms. The topological polar surface area (TPSA) is 61.0 Å². The molecule has 2 aromatic rings. The molecule has 1 aromatic carbocycles. The molecule has 116 valence electrons. The molecule has 0 saturated heterocycles. The average Bonchev–Trinajstić information content (AvgIpc) is 2.62. The lowest BCUT2D eigenvalue weighted by atomic mass is 9.77. The van der Waals surface area contributed by atoms with Crippen LogP contribution in [-0.2, 0) is 11.2 Å². The molecule has 4 rings (SSSR count). The van der Waals surface area contributed by atoms with Crippen molar-refractivity contribution in [1.29, 1.82) is 0 Å². The Hall–Kier alpha value is -2.82. The Labute approximate surface area is 132 Å². The lowest BCUT2D eigenvalue weighted by molar-refractivity contribution is 0.208. The van der Waals surface area contributed by atoms with Crippen molar-refractivity contribution in [2.45, 2.75) is 18.4 Å². The van der Waals surface area contributed by atoms with Gasteiger partial charge in [-0.1, -0.05) is 12.1 Å². The van der Waals surface area contributed by atoms with Gasteiger partial charge in [-0.15, -0.1) is 0 Å². The number of rotatable bonds is 2. The van der Waals surface area contributed by atoms with Gasteiger partial charge in [-0.3, -0.25) is 4.79 Å². The van der Waals surface area contributed by atoms with Gasteiger partial charge in [-0.2, -0.15) is 0 Å². The third-order valence-electron chi connectivity index (χ3n) is 4.36. The Kier molecular flexibility index (Phi) is 3.26. The molecule has 2 unspecified atom stereocenters. The van der Waals surface area contributed by atoms with Gasteiger partial charge in [-0.25, -0.2) is 4.99 Å². The van der Waals surface area contributed by atoms with Crippen molar-refractivity contribution in [1.82, 2.24) is 0 Å². The molecule has 0 radical (unpaired) electrons. The summed E-state index contributed by atoms with van der Waals surface area (Å²) in [6, 6.07) is 9.30. The normalized spacial score (nSPS) is 21.7. The maximum Gasteiger partial charge on any atom is 0.188 e. The van der Waals surface area contributed by atoms with Crippen molar-refractivity contribution in [3.05, 3.63) is 69.9 Å². The van der Waals surface area contributed by atoms with Crippen LogP contribution in [0.3, 0.4) is 0 Å². The summed E-state index contributed by atoms with van der Waals surface area (Å²) in [4.78, 5) is 16.3. The SMILES string of the molecule is COc1ccc(C2Cc3c(occc3=O)C3=CN=COC32)cc1. The number of nitrogens with zero attached hydrogens (tertiary/aromatic N) is 1. The standard InChI is InChI=1S/C18H15NO4/c1-21-12-4-2-11(3-5-12)13-8-14-16(20)6-7-22-18(14)15-9-19-10-23-17(13)15/h2-7,9-10,13,17H,8H2,1H3. The summed E-state index contributed by atoms with van der Waals surface area (Å²) >= 11 is 0. The molecule has 0 fully saturated rings. The van der Waals surface area contributed by atoms with Crippen molar-refractivity contribution in [3.8, 4) is 5.75 Å². The highest BCUT2D eigenvalue weighted by Gasteiger charge is 2.38. The van der Waals surface area contributed by atoms with Crippen molar-refractivity contribution in [2.75, 3.05) is 7.11 Å². The molecule has 0 N–H and O–H groups in total. The quantitative estimate of drug-likeness (QED) is 0.856. The van der Waals surface area contributed by atoms with Crippen LogP contribution in [-0.4, -0.2) is 19.6 Å². The van der Waals surface area contributed by atoms with Gasteiger partial charge < -0.3 is 13.9 Å². The largest absolute Gasteiger partial charge is 0.497 e. The second-order valence-electron chi connectivity index (χ2n) is 5.57. The van der Waals surface area contributed by atoms with Crippen LogP contribution in [0.4, 0.5) is 0 Å². The van der Waals surface area contributed by atoms with E-state index in [4.69, 9.17) is 13.9 Å². The van der Waals surface area contributed by atoms with Crippen LogP contribution in [0.2, 0.25) is 0 Å². The number of hydrogen-bond donors (Lipinski definition) is 0. The Morgan fingerprint density at radius 3 is 2.83 bits per heavy atom. The summed E-state index contributed by atoms with van der Waals surface area (Å²) in [6.45, 7) is 0. The van der Waals surface area contributed by atoms with Crippen molar-refractivity contribution in [2.24, 2.45) is 4.99 Å². The van der Waals surface area contributed by atoms with Crippen LogP contribution in [0.15, 0.2) is 57.0 Å². The van der Waals surface area contributed by atoms with Gasteiger partial charge in [0.1, 0.15) is 17.6 Å². The Morgan fingerprint density at radius 1 is 1.22 bits per heavy atom. The molecule has 5 nitrogen and oxygen atoms in total. The van der Waals surface area contributed by atoms with Crippen molar-refractivity contribution in [3.63, 3.8) is 0 Å². The number of hydrogen-bond acceptors (Lipinski definition) is 5.